The summed E-state index contributed by atoms with van der Waals surface area (Å²) in [5, 5.41) is 13.8. The van der Waals surface area contributed by atoms with Gasteiger partial charge in [-0.1, -0.05) is 18.2 Å². The lowest BCUT2D eigenvalue weighted by Crippen LogP contribution is -2.45. The molecule has 1 unspecified atom stereocenters. The first-order valence-corrected chi connectivity index (χ1v) is 8.78. The highest BCUT2D eigenvalue weighted by molar-refractivity contribution is 6.07. The second kappa shape index (κ2) is 9.35. The first-order valence-electron chi connectivity index (χ1n) is 8.78. The lowest BCUT2D eigenvalue weighted by molar-refractivity contribution is -0.145. The molecule has 0 saturated carbocycles. The van der Waals surface area contributed by atoms with Crippen LogP contribution in [-0.2, 0) is 21.3 Å². The van der Waals surface area contributed by atoms with Crippen molar-refractivity contribution in [1.29, 1.82) is 0 Å². The summed E-state index contributed by atoms with van der Waals surface area (Å²) in [4.78, 5) is 24.4. The quantitative estimate of drug-likeness (QED) is 0.526. The van der Waals surface area contributed by atoms with E-state index in [0.717, 1.165) is 10.9 Å². The number of ether oxygens (including phenoxy) is 2. The number of para-hydroxylation sites is 1. The highest BCUT2D eigenvalue weighted by atomic mass is 16.6. The fourth-order valence-corrected chi connectivity index (χ4v) is 2.85. The molecule has 2 aromatic rings. The molecule has 0 spiro atoms. The molecule has 1 amide bonds. The molecule has 0 radical (unpaired) electrons. The molecule has 1 aromatic heterocycles. The van der Waals surface area contributed by atoms with Gasteiger partial charge in [-0.3, -0.25) is 9.59 Å². The number of aliphatic hydroxyl groups is 1. The lowest BCUT2D eigenvalue weighted by Gasteiger charge is -2.23. The SMILES string of the molecule is CCOC(=O)CC[C@H](NC(=O)c1cn(C)c2ccccc12)C(O)OCC. The van der Waals surface area contributed by atoms with Crippen LogP contribution in [0.1, 0.15) is 37.0 Å². The van der Waals surface area contributed by atoms with E-state index in [9.17, 15) is 14.7 Å². The predicted octanol–water partition coefficient (Wildman–Crippen LogP) is 1.97. The Morgan fingerprint density at radius 3 is 2.65 bits per heavy atom. The molecule has 2 atom stereocenters. The molecule has 2 rings (SSSR count). The Balaban J connectivity index is 2.14. The molecule has 1 aromatic carbocycles. The molecule has 1 heterocycles. The Bertz CT molecular complexity index is 755. The summed E-state index contributed by atoms with van der Waals surface area (Å²) in [5.41, 5.74) is 1.44. The first kappa shape index (κ1) is 19.9. The van der Waals surface area contributed by atoms with Crippen LogP contribution in [0.15, 0.2) is 30.5 Å². The van der Waals surface area contributed by atoms with Crippen LogP contribution in [0.25, 0.3) is 10.9 Å². The summed E-state index contributed by atoms with van der Waals surface area (Å²) in [6.07, 6.45) is 0.845. The van der Waals surface area contributed by atoms with Gasteiger partial charge in [-0.15, -0.1) is 0 Å². The van der Waals surface area contributed by atoms with Crippen LogP contribution in [-0.4, -0.2) is 47.1 Å². The van der Waals surface area contributed by atoms with Gasteiger partial charge >= 0.3 is 5.97 Å². The zero-order valence-corrected chi connectivity index (χ0v) is 15.4. The molecule has 26 heavy (non-hydrogen) atoms. The number of aromatic nitrogens is 1. The van der Waals surface area contributed by atoms with Gasteiger partial charge in [0, 0.05) is 37.2 Å². The smallest absolute Gasteiger partial charge is 0.305 e. The van der Waals surface area contributed by atoms with E-state index in [2.05, 4.69) is 5.32 Å². The zero-order valence-electron chi connectivity index (χ0n) is 15.4. The molecule has 0 aliphatic rings. The van der Waals surface area contributed by atoms with Gasteiger partial charge in [0.2, 0.25) is 0 Å². The number of carbonyl (C=O) groups excluding carboxylic acids is 2. The van der Waals surface area contributed by atoms with Crippen LogP contribution >= 0.6 is 0 Å². The van der Waals surface area contributed by atoms with Crippen molar-refractivity contribution >= 4 is 22.8 Å². The number of fused-ring (bicyclic) bond motifs is 1. The third-order valence-electron chi connectivity index (χ3n) is 4.10. The van der Waals surface area contributed by atoms with Crippen LogP contribution in [0.4, 0.5) is 0 Å². The number of nitrogens with one attached hydrogen (secondary N) is 1. The van der Waals surface area contributed by atoms with E-state index < -0.39 is 12.3 Å². The summed E-state index contributed by atoms with van der Waals surface area (Å²) < 4.78 is 12.0. The number of aryl methyl sites for hydroxylation is 1. The molecule has 7 heteroatoms. The number of carbonyl (C=O) groups is 2. The third kappa shape index (κ3) is 4.83. The van der Waals surface area contributed by atoms with Crippen LogP contribution < -0.4 is 5.32 Å². The van der Waals surface area contributed by atoms with Crippen molar-refractivity contribution in [3.63, 3.8) is 0 Å². The van der Waals surface area contributed by atoms with Crippen LogP contribution in [0.5, 0.6) is 0 Å². The molecule has 0 aliphatic carbocycles. The maximum atomic E-state index is 12.8. The average molecular weight is 362 g/mol. The molecule has 0 bridgehead atoms. The standard InChI is InChI=1S/C19H26N2O5/c1-4-25-17(22)11-10-15(19(24)26-5-2)20-18(23)14-12-21(3)16-9-7-6-8-13(14)16/h6-9,12,15,19,24H,4-5,10-11H2,1-3H3,(H,20,23)/t15-,19?/m0/s1. The summed E-state index contributed by atoms with van der Waals surface area (Å²) in [7, 11) is 1.87. The molecule has 7 nitrogen and oxygen atoms in total. The van der Waals surface area contributed by atoms with Gasteiger partial charge in [0.25, 0.3) is 5.91 Å². The number of rotatable bonds is 9. The van der Waals surface area contributed by atoms with E-state index in [1.165, 1.54) is 0 Å². The number of hydrogen-bond donors (Lipinski definition) is 2. The van der Waals surface area contributed by atoms with Crippen molar-refractivity contribution < 1.29 is 24.2 Å². The molecule has 0 saturated heterocycles. The summed E-state index contributed by atoms with van der Waals surface area (Å²) in [5.74, 6) is -0.699. The second-order valence-corrected chi connectivity index (χ2v) is 5.94. The summed E-state index contributed by atoms with van der Waals surface area (Å²) in [6, 6.07) is 6.86. The largest absolute Gasteiger partial charge is 0.466 e. The van der Waals surface area contributed by atoms with E-state index in [4.69, 9.17) is 9.47 Å². The maximum Gasteiger partial charge on any atom is 0.305 e. The second-order valence-electron chi connectivity index (χ2n) is 5.94. The predicted molar refractivity (Wildman–Crippen MR) is 97.7 cm³/mol. The Morgan fingerprint density at radius 1 is 1.23 bits per heavy atom. The minimum Gasteiger partial charge on any atom is -0.466 e. The van der Waals surface area contributed by atoms with Crippen LogP contribution in [0.2, 0.25) is 0 Å². The molecular formula is C19H26N2O5. The van der Waals surface area contributed by atoms with E-state index in [1.807, 2.05) is 35.9 Å². The Hall–Kier alpha value is -2.38. The fourth-order valence-electron chi connectivity index (χ4n) is 2.85. The van der Waals surface area contributed by atoms with Gasteiger partial charge in [0.05, 0.1) is 18.2 Å². The van der Waals surface area contributed by atoms with Crippen LogP contribution in [0, 0.1) is 0 Å². The van der Waals surface area contributed by atoms with E-state index in [0.29, 0.717) is 18.8 Å². The molecule has 0 fully saturated rings. The normalized spacial score (nSPS) is 13.4. The average Bonchev–Trinajstić information content (AvgIpc) is 2.96. The minimum atomic E-state index is -1.20. The number of aliphatic hydroxyl groups excluding tert-OH is 1. The number of benzene rings is 1. The molecular weight excluding hydrogens is 336 g/mol. The first-order chi connectivity index (χ1) is 12.5. The minimum absolute atomic E-state index is 0.0818. The number of amides is 1. The van der Waals surface area contributed by atoms with Gasteiger partial charge in [0.15, 0.2) is 6.29 Å². The monoisotopic (exact) mass is 362 g/mol. The summed E-state index contributed by atoms with van der Waals surface area (Å²) in [6.45, 7) is 4.06. The van der Waals surface area contributed by atoms with Crippen LogP contribution in [0.3, 0.4) is 0 Å². The Labute approximate surface area is 152 Å². The fraction of sp³-hybridized carbons (Fsp3) is 0.474. The van der Waals surface area contributed by atoms with Crippen molar-refractivity contribution in [3.8, 4) is 0 Å². The molecule has 2 N–H and O–H groups in total. The van der Waals surface area contributed by atoms with Gasteiger partial charge in [0.1, 0.15) is 0 Å². The molecule has 142 valence electrons. The van der Waals surface area contributed by atoms with E-state index in [1.54, 1.807) is 20.0 Å². The van der Waals surface area contributed by atoms with Crippen molar-refractivity contribution in [1.82, 2.24) is 9.88 Å². The number of hydrogen-bond acceptors (Lipinski definition) is 5. The lowest BCUT2D eigenvalue weighted by atomic mass is 10.1. The van der Waals surface area contributed by atoms with Gasteiger partial charge < -0.3 is 24.5 Å². The van der Waals surface area contributed by atoms with Crippen molar-refractivity contribution in [3.05, 3.63) is 36.0 Å². The highest BCUT2D eigenvalue weighted by Crippen LogP contribution is 2.20. The van der Waals surface area contributed by atoms with Gasteiger partial charge in [-0.25, -0.2) is 0 Å². The number of esters is 1. The Morgan fingerprint density at radius 2 is 1.96 bits per heavy atom. The third-order valence-corrected chi connectivity index (χ3v) is 4.10. The van der Waals surface area contributed by atoms with Crippen molar-refractivity contribution in [2.45, 2.75) is 39.0 Å². The topological polar surface area (TPSA) is 89.8 Å². The Kier molecular flexibility index (Phi) is 7.17. The van der Waals surface area contributed by atoms with Crippen molar-refractivity contribution in [2.24, 2.45) is 7.05 Å². The van der Waals surface area contributed by atoms with Gasteiger partial charge in [-0.2, -0.15) is 0 Å². The highest BCUT2D eigenvalue weighted by Gasteiger charge is 2.25. The number of nitrogens with zero attached hydrogens (tertiary/aromatic N) is 1. The zero-order chi connectivity index (χ0) is 19.1. The molecule has 0 aliphatic heterocycles. The van der Waals surface area contributed by atoms with E-state index >= 15 is 0 Å². The summed E-state index contributed by atoms with van der Waals surface area (Å²) >= 11 is 0. The van der Waals surface area contributed by atoms with E-state index in [-0.39, 0.29) is 24.7 Å². The van der Waals surface area contributed by atoms with Gasteiger partial charge in [-0.05, 0) is 26.3 Å². The van der Waals surface area contributed by atoms with Crippen molar-refractivity contribution in [2.75, 3.05) is 13.2 Å². The maximum absolute atomic E-state index is 12.8.